The molecule has 0 aliphatic rings. The molecule has 7 nitrogen and oxygen atoms in total. The SMILES string of the molecule is CCNc1cn2ccnc2c(N(CCOC)CCOC)n1. The molecule has 0 radical (unpaired) electrons. The minimum absolute atomic E-state index is 0.629. The molecule has 0 aromatic carbocycles. The van der Waals surface area contributed by atoms with Crippen molar-refractivity contribution < 1.29 is 9.47 Å². The molecule has 0 aliphatic heterocycles. The highest BCUT2D eigenvalue weighted by Crippen LogP contribution is 2.20. The summed E-state index contributed by atoms with van der Waals surface area (Å²) in [5.74, 6) is 1.67. The molecular weight excluding hydrogens is 270 g/mol. The second-order valence-electron chi connectivity index (χ2n) is 4.61. The summed E-state index contributed by atoms with van der Waals surface area (Å²) in [6.45, 7) is 5.61. The Morgan fingerprint density at radius 1 is 1.24 bits per heavy atom. The summed E-state index contributed by atoms with van der Waals surface area (Å²) in [4.78, 5) is 11.2. The quantitative estimate of drug-likeness (QED) is 0.751. The molecular formula is C14H23N5O2. The molecule has 116 valence electrons. The summed E-state index contributed by atoms with van der Waals surface area (Å²) >= 11 is 0. The second-order valence-corrected chi connectivity index (χ2v) is 4.61. The van der Waals surface area contributed by atoms with E-state index in [-0.39, 0.29) is 0 Å². The second kappa shape index (κ2) is 7.80. The molecule has 1 N–H and O–H groups in total. The monoisotopic (exact) mass is 293 g/mol. The van der Waals surface area contributed by atoms with Gasteiger partial charge in [0.1, 0.15) is 5.82 Å². The van der Waals surface area contributed by atoms with E-state index >= 15 is 0 Å². The van der Waals surface area contributed by atoms with Gasteiger partial charge in [0.25, 0.3) is 0 Å². The van der Waals surface area contributed by atoms with Crippen LogP contribution < -0.4 is 10.2 Å². The molecule has 0 saturated carbocycles. The highest BCUT2D eigenvalue weighted by Gasteiger charge is 2.14. The van der Waals surface area contributed by atoms with Gasteiger partial charge in [-0.25, -0.2) is 9.97 Å². The zero-order valence-electron chi connectivity index (χ0n) is 12.9. The van der Waals surface area contributed by atoms with Crippen LogP contribution in [0.4, 0.5) is 11.6 Å². The molecule has 0 saturated heterocycles. The van der Waals surface area contributed by atoms with Crippen molar-refractivity contribution in [3.8, 4) is 0 Å². The lowest BCUT2D eigenvalue weighted by Gasteiger charge is -2.24. The lowest BCUT2D eigenvalue weighted by atomic mass is 10.4. The van der Waals surface area contributed by atoms with Crippen molar-refractivity contribution in [2.75, 3.05) is 57.3 Å². The number of hydrogen-bond acceptors (Lipinski definition) is 6. The van der Waals surface area contributed by atoms with E-state index in [2.05, 4.69) is 20.2 Å². The van der Waals surface area contributed by atoms with Crippen LogP contribution in [0.25, 0.3) is 5.65 Å². The van der Waals surface area contributed by atoms with Gasteiger partial charge in [0.2, 0.25) is 0 Å². The molecule has 0 amide bonds. The number of imidazole rings is 1. The number of fused-ring (bicyclic) bond motifs is 1. The van der Waals surface area contributed by atoms with Crippen molar-refractivity contribution in [3.05, 3.63) is 18.6 Å². The topological polar surface area (TPSA) is 63.9 Å². The largest absolute Gasteiger partial charge is 0.383 e. The van der Waals surface area contributed by atoms with E-state index in [1.165, 1.54) is 0 Å². The first-order valence-electron chi connectivity index (χ1n) is 7.10. The number of aromatic nitrogens is 3. The lowest BCUT2D eigenvalue weighted by Crippen LogP contribution is -2.32. The average molecular weight is 293 g/mol. The van der Waals surface area contributed by atoms with E-state index in [0.29, 0.717) is 13.2 Å². The van der Waals surface area contributed by atoms with Gasteiger partial charge in [0.05, 0.1) is 19.4 Å². The fraction of sp³-hybridized carbons (Fsp3) is 0.571. The van der Waals surface area contributed by atoms with Gasteiger partial charge in [-0.05, 0) is 6.92 Å². The molecule has 0 spiro atoms. The van der Waals surface area contributed by atoms with Crippen molar-refractivity contribution in [1.29, 1.82) is 0 Å². The van der Waals surface area contributed by atoms with Gasteiger partial charge in [0, 0.05) is 46.2 Å². The van der Waals surface area contributed by atoms with Gasteiger partial charge in [0.15, 0.2) is 11.5 Å². The standard InChI is InChI=1S/C14H23N5O2/c1-4-15-12-11-19-6-5-16-13(19)14(17-12)18(7-9-20-2)8-10-21-3/h5-6,11,15H,4,7-10H2,1-3H3. The van der Waals surface area contributed by atoms with E-state index < -0.39 is 0 Å². The van der Waals surface area contributed by atoms with Crippen LogP contribution in [0.3, 0.4) is 0 Å². The van der Waals surface area contributed by atoms with Gasteiger partial charge >= 0.3 is 0 Å². The smallest absolute Gasteiger partial charge is 0.180 e. The molecule has 0 fully saturated rings. The summed E-state index contributed by atoms with van der Waals surface area (Å²) in [5.41, 5.74) is 0.837. The predicted molar refractivity (Wildman–Crippen MR) is 83.1 cm³/mol. The molecule has 7 heteroatoms. The average Bonchev–Trinajstić information content (AvgIpc) is 2.95. The van der Waals surface area contributed by atoms with Crippen molar-refractivity contribution in [1.82, 2.24) is 14.4 Å². The zero-order chi connectivity index (χ0) is 15.1. The third kappa shape index (κ3) is 3.83. The zero-order valence-corrected chi connectivity index (χ0v) is 12.9. The number of ether oxygens (including phenoxy) is 2. The van der Waals surface area contributed by atoms with Crippen molar-refractivity contribution >= 4 is 17.3 Å². The van der Waals surface area contributed by atoms with E-state index in [9.17, 15) is 0 Å². The number of hydrogen-bond donors (Lipinski definition) is 1. The van der Waals surface area contributed by atoms with Crippen LogP contribution >= 0.6 is 0 Å². The highest BCUT2D eigenvalue weighted by atomic mass is 16.5. The minimum atomic E-state index is 0.629. The van der Waals surface area contributed by atoms with Crippen LogP contribution in [-0.2, 0) is 9.47 Å². The Morgan fingerprint density at radius 3 is 2.57 bits per heavy atom. The predicted octanol–water partition coefficient (Wildman–Crippen LogP) is 1.26. The first-order chi connectivity index (χ1) is 10.3. The normalized spacial score (nSPS) is 11.0. The fourth-order valence-corrected chi connectivity index (χ4v) is 2.12. The van der Waals surface area contributed by atoms with Crippen molar-refractivity contribution in [2.45, 2.75) is 6.92 Å². The fourth-order valence-electron chi connectivity index (χ4n) is 2.12. The summed E-state index contributed by atoms with van der Waals surface area (Å²) in [6.07, 6.45) is 5.65. The highest BCUT2D eigenvalue weighted by molar-refractivity contribution is 5.66. The first-order valence-corrected chi connectivity index (χ1v) is 7.10. The maximum Gasteiger partial charge on any atom is 0.180 e. The van der Waals surface area contributed by atoms with Crippen LogP contribution in [0, 0.1) is 0 Å². The lowest BCUT2D eigenvalue weighted by molar-refractivity contribution is 0.190. The van der Waals surface area contributed by atoms with Crippen molar-refractivity contribution in [2.24, 2.45) is 0 Å². The van der Waals surface area contributed by atoms with E-state index in [1.54, 1.807) is 20.4 Å². The molecule has 0 bridgehead atoms. The number of nitrogens with one attached hydrogen (secondary N) is 1. The van der Waals surface area contributed by atoms with Gasteiger partial charge in [-0.15, -0.1) is 0 Å². The minimum Gasteiger partial charge on any atom is -0.383 e. The third-order valence-corrected chi connectivity index (χ3v) is 3.14. The van der Waals surface area contributed by atoms with Crippen molar-refractivity contribution in [3.63, 3.8) is 0 Å². The summed E-state index contributed by atoms with van der Waals surface area (Å²) < 4.78 is 12.4. The maximum atomic E-state index is 5.19. The molecule has 2 aromatic rings. The first kappa shape index (κ1) is 15.5. The number of nitrogens with zero attached hydrogens (tertiary/aromatic N) is 4. The number of rotatable bonds is 9. The van der Waals surface area contributed by atoms with Gasteiger partial charge in [-0.1, -0.05) is 0 Å². The Hall–Kier alpha value is -1.86. The molecule has 0 aliphatic carbocycles. The van der Waals surface area contributed by atoms with Crippen LogP contribution in [0.2, 0.25) is 0 Å². The van der Waals surface area contributed by atoms with Crippen LogP contribution in [0.1, 0.15) is 6.92 Å². The van der Waals surface area contributed by atoms with Crippen LogP contribution in [-0.4, -0.2) is 61.4 Å². The molecule has 21 heavy (non-hydrogen) atoms. The van der Waals surface area contributed by atoms with Gasteiger partial charge in [-0.2, -0.15) is 0 Å². The van der Waals surface area contributed by atoms with Crippen LogP contribution in [0.15, 0.2) is 18.6 Å². The maximum absolute atomic E-state index is 5.19. The van der Waals surface area contributed by atoms with E-state index in [1.807, 2.05) is 23.7 Å². The molecule has 2 aromatic heterocycles. The Morgan fingerprint density at radius 2 is 1.95 bits per heavy atom. The Bertz CT molecular complexity index is 549. The Balaban J connectivity index is 2.35. The van der Waals surface area contributed by atoms with Crippen LogP contribution in [0.5, 0.6) is 0 Å². The molecule has 2 heterocycles. The Kier molecular flexibility index (Phi) is 5.77. The van der Waals surface area contributed by atoms with E-state index in [0.717, 1.165) is 36.9 Å². The summed E-state index contributed by atoms with van der Waals surface area (Å²) in [5, 5.41) is 3.25. The molecule has 2 rings (SSSR count). The van der Waals surface area contributed by atoms with E-state index in [4.69, 9.17) is 9.47 Å². The Labute approximate surface area is 124 Å². The van der Waals surface area contributed by atoms with Gasteiger partial charge in [-0.3, -0.25) is 0 Å². The summed E-state index contributed by atoms with van der Waals surface area (Å²) in [7, 11) is 3.39. The molecule has 0 atom stereocenters. The summed E-state index contributed by atoms with van der Waals surface area (Å²) in [6, 6.07) is 0. The molecule has 0 unspecified atom stereocenters. The third-order valence-electron chi connectivity index (χ3n) is 3.14. The number of methoxy groups -OCH3 is 2. The van der Waals surface area contributed by atoms with Gasteiger partial charge < -0.3 is 24.1 Å². The number of anilines is 2.